The number of nitrogens with one attached hydrogen (secondary N) is 1. The fourth-order valence-corrected chi connectivity index (χ4v) is 2.72. The highest BCUT2D eigenvalue weighted by atomic mass is 79.9. The van der Waals surface area contributed by atoms with Crippen LogP contribution in [0.5, 0.6) is 0 Å². The normalized spacial score (nSPS) is 21.1. The summed E-state index contributed by atoms with van der Waals surface area (Å²) < 4.78 is 2.95. The van der Waals surface area contributed by atoms with Gasteiger partial charge < -0.3 is 9.88 Å². The standard InChI is InChI=1S/C14H21BrN2O/c1-9(2)17-8-11(15)5-12(17)13(18)16-7-10-6-14(10,3)4/h5,8-10H,6-7H2,1-4H3,(H,16,18). The van der Waals surface area contributed by atoms with Gasteiger partial charge in [0.25, 0.3) is 5.91 Å². The predicted molar refractivity (Wildman–Crippen MR) is 76.7 cm³/mol. The number of nitrogens with zero attached hydrogens (tertiary/aromatic N) is 1. The van der Waals surface area contributed by atoms with Crippen LogP contribution in [0.1, 0.15) is 50.6 Å². The molecular formula is C14H21BrN2O. The van der Waals surface area contributed by atoms with Crippen LogP contribution >= 0.6 is 15.9 Å². The molecule has 1 saturated carbocycles. The highest BCUT2D eigenvalue weighted by Crippen LogP contribution is 2.50. The van der Waals surface area contributed by atoms with E-state index in [1.807, 2.05) is 16.8 Å². The molecule has 1 aliphatic carbocycles. The fourth-order valence-electron chi connectivity index (χ4n) is 2.29. The van der Waals surface area contributed by atoms with Crippen LogP contribution in [0.2, 0.25) is 0 Å². The maximum Gasteiger partial charge on any atom is 0.267 e. The molecule has 1 heterocycles. The van der Waals surface area contributed by atoms with Crippen molar-refractivity contribution in [1.82, 2.24) is 9.88 Å². The maximum absolute atomic E-state index is 12.2. The van der Waals surface area contributed by atoms with Gasteiger partial charge in [0.1, 0.15) is 5.69 Å². The molecule has 1 aliphatic rings. The Kier molecular flexibility index (Phi) is 3.58. The lowest BCUT2D eigenvalue weighted by atomic mass is 10.1. The fraction of sp³-hybridized carbons (Fsp3) is 0.643. The van der Waals surface area contributed by atoms with Crippen LogP contribution < -0.4 is 5.32 Å². The third-order valence-corrected chi connectivity index (χ3v) is 4.26. The number of aromatic nitrogens is 1. The molecule has 0 radical (unpaired) electrons. The first-order valence-electron chi connectivity index (χ1n) is 6.47. The van der Waals surface area contributed by atoms with Gasteiger partial charge in [-0.25, -0.2) is 0 Å². The van der Waals surface area contributed by atoms with Crippen LogP contribution in [0.15, 0.2) is 16.7 Å². The van der Waals surface area contributed by atoms with Crippen molar-refractivity contribution in [3.8, 4) is 0 Å². The highest BCUT2D eigenvalue weighted by molar-refractivity contribution is 9.10. The SMILES string of the molecule is CC(C)n1cc(Br)cc1C(=O)NCC1CC1(C)C. The summed E-state index contributed by atoms with van der Waals surface area (Å²) in [6.45, 7) is 9.43. The van der Waals surface area contributed by atoms with Crippen molar-refractivity contribution in [2.45, 2.75) is 40.2 Å². The zero-order chi connectivity index (χ0) is 13.5. The smallest absolute Gasteiger partial charge is 0.267 e. The first-order valence-corrected chi connectivity index (χ1v) is 7.26. The van der Waals surface area contributed by atoms with E-state index in [1.54, 1.807) is 0 Å². The predicted octanol–water partition coefficient (Wildman–Crippen LogP) is 3.61. The lowest BCUT2D eigenvalue weighted by Crippen LogP contribution is -2.28. The van der Waals surface area contributed by atoms with Gasteiger partial charge in [0.05, 0.1) is 0 Å². The van der Waals surface area contributed by atoms with Crippen LogP contribution in [-0.2, 0) is 0 Å². The zero-order valence-corrected chi connectivity index (χ0v) is 13.0. The van der Waals surface area contributed by atoms with Gasteiger partial charge in [-0.2, -0.15) is 0 Å². The van der Waals surface area contributed by atoms with Gasteiger partial charge in [-0.3, -0.25) is 4.79 Å². The number of halogens is 1. The molecule has 1 fully saturated rings. The number of amides is 1. The minimum absolute atomic E-state index is 0.0251. The molecule has 18 heavy (non-hydrogen) atoms. The second-order valence-electron chi connectivity index (χ2n) is 6.14. The first kappa shape index (κ1) is 13.7. The van der Waals surface area contributed by atoms with Gasteiger partial charge in [0.15, 0.2) is 0 Å². The molecule has 0 aliphatic heterocycles. The summed E-state index contributed by atoms with van der Waals surface area (Å²) in [5, 5.41) is 3.04. The molecule has 1 N–H and O–H groups in total. The largest absolute Gasteiger partial charge is 0.350 e. The van der Waals surface area contributed by atoms with E-state index in [1.165, 1.54) is 6.42 Å². The minimum Gasteiger partial charge on any atom is -0.350 e. The summed E-state index contributed by atoms with van der Waals surface area (Å²) in [5.41, 5.74) is 1.14. The van der Waals surface area contributed by atoms with Crippen LogP contribution in [0, 0.1) is 11.3 Å². The number of carbonyl (C=O) groups is 1. The van der Waals surface area contributed by atoms with Gasteiger partial charge in [-0.05, 0) is 53.6 Å². The van der Waals surface area contributed by atoms with E-state index < -0.39 is 0 Å². The minimum atomic E-state index is 0.0251. The molecule has 1 aromatic rings. The Morgan fingerprint density at radius 1 is 1.61 bits per heavy atom. The molecule has 0 saturated heterocycles. The molecule has 1 amide bonds. The van der Waals surface area contributed by atoms with Crippen LogP contribution in [-0.4, -0.2) is 17.0 Å². The lowest BCUT2D eigenvalue weighted by molar-refractivity contribution is 0.0940. The Labute approximate surface area is 117 Å². The van der Waals surface area contributed by atoms with E-state index in [4.69, 9.17) is 0 Å². The molecule has 0 bridgehead atoms. The molecular weight excluding hydrogens is 292 g/mol. The van der Waals surface area contributed by atoms with Crippen LogP contribution in [0.3, 0.4) is 0 Å². The molecule has 2 rings (SSSR count). The molecule has 100 valence electrons. The van der Waals surface area contributed by atoms with Crippen molar-refractivity contribution >= 4 is 21.8 Å². The lowest BCUT2D eigenvalue weighted by Gasteiger charge is -2.13. The number of rotatable bonds is 4. The molecule has 1 unspecified atom stereocenters. The summed E-state index contributed by atoms with van der Waals surface area (Å²) in [6.07, 6.45) is 3.17. The Bertz CT molecular complexity index is 462. The van der Waals surface area contributed by atoms with E-state index in [0.717, 1.165) is 16.7 Å². The van der Waals surface area contributed by atoms with Crippen LogP contribution in [0.25, 0.3) is 0 Å². The second-order valence-corrected chi connectivity index (χ2v) is 7.06. The quantitative estimate of drug-likeness (QED) is 0.905. The van der Waals surface area contributed by atoms with Crippen molar-refractivity contribution in [2.24, 2.45) is 11.3 Å². The van der Waals surface area contributed by atoms with Gasteiger partial charge in [0.2, 0.25) is 0 Å². The van der Waals surface area contributed by atoms with Gasteiger partial charge in [-0.15, -0.1) is 0 Å². The number of carbonyl (C=O) groups excluding carboxylic acids is 1. The zero-order valence-electron chi connectivity index (χ0n) is 11.5. The molecule has 1 aromatic heterocycles. The average Bonchev–Trinajstić information content (AvgIpc) is 2.70. The monoisotopic (exact) mass is 312 g/mol. The van der Waals surface area contributed by atoms with Crippen molar-refractivity contribution in [3.63, 3.8) is 0 Å². The Balaban J connectivity index is 2.00. The second kappa shape index (κ2) is 4.72. The molecule has 3 nitrogen and oxygen atoms in total. The maximum atomic E-state index is 12.2. The van der Waals surface area contributed by atoms with Gasteiger partial charge >= 0.3 is 0 Å². The van der Waals surface area contributed by atoms with E-state index in [9.17, 15) is 4.79 Å². The summed E-state index contributed by atoms with van der Waals surface area (Å²) in [6, 6.07) is 2.17. The summed E-state index contributed by atoms with van der Waals surface area (Å²) in [5.74, 6) is 0.657. The number of hydrogen-bond donors (Lipinski definition) is 1. The molecule has 0 spiro atoms. The van der Waals surface area contributed by atoms with E-state index in [2.05, 4.69) is 48.9 Å². The molecule has 1 atom stereocenters. The van der Waals surface area contributed by atoms with Gasteiger partial charge in [0, 0.05) is 23.3 Å². The molecule has 4 heteroatoms. The third kappa shape index (κ3) is 2.79. The van der Waals surface area contributed by atoms with Crippen LogP contribution in [0.4, 0.5) is 0 Å². The number of hydrogen-bond acceptors (Lipinski definition) is 1. The van der Waals surface area contributed by atoms with Gasteiger partial charge in [-0.1, -0.05) is 13.8 Å². The van der Waals surface area contributed by atoms with E-state index >= 15 is 0 Å². The van der Waals surface area contributed by atoms with Crippen molar-refractivity contribution in [1.29, 1.82) is 0 Å². The summed E-state index contributed by atoms with van der Waals surface area (Å²) in [4.78, 5) is 12.2. The summed E-state index contributed by atoms with van der Waals surface area (Å²) in [7, 11) is 0. The van der Waals surface area contributed by atoms with Crippen molar-refractivity contribution in [3.05, 3.63) is 22.4 Å². The highest BCUT2D eigenvalue weighted by Gasteiger charge is 2.45. The van der Waals surface area contributed by atoms with Crippen molar-refractivity contribution in [2.75, 3.05) is 6.54 Å². The topological polar surface area (TPSA) is 34.0 Å². The Morgan fingerprint density at radius 3 is 2.72 bits per heavy atom. The summed E-state index contributed by atoms with van der Waals surface area (Å²) >= 11 is 3.43. The van der Waals surface area contributed by atoms with E-state index in [-0.39, 0.29) is 11.9 Å². The first-order chi connectivity index (χ1) is 8.31. The average molecular weight is 313 g/mol. The Morgan fingerprint density at radius 2 is 2.22 bits per heavy atom. The molecule has 0 aromatic carbocycles. The Hall–Kier alpha value is -0.770. The van der Waals surface area contributed by atoms with Crippen molar-refractivity contribution < 1.29 is 4.79 Å². The third-order valence-electron chi connectivity index (χ3n) is 3.83. The van der Waals surface area contributed by atoms with E-state index in [0.29, 0.717) is 11.3 Å².